The number of esters is 1. The summed E-state index contributed by atoms with van der Waals surface area (Å²) in [6.07, 6.45) is 1.82. The maximum Gasteiger partial charge on any atom is 0.339 e. The number of hydrogen-bond acceptors (Lipinski definition) is 2. The van der Waals surface area contributed by atoms with E-state index in [0.717, 1.165) is 16.5 Å². The summed E-state index contributed by atoms with van der Waals surface area (Å²) in [6.45, 7) is 0.292. The van der Waals surface area contributed by atoms with Crippen molar-refractivity contribution < 1.29 is 9.53 Å². The molecule has 0 unspecified atom stereocenters. The molecule has 0 bridgehead atoms. The van der Waals surface area contributed by atoms with Crippen molar-refractivity contribution in [1.82, 2.24) is 4.98 Å². The van der Waals surface area contributed by atoms with Crippen LogP contribution in [0.2, 0.25) is 0 Å². The predicted octanol–water partition coefficient (Wildman–Crippen LogP) is 3.52. The van der Waals surface area contributed by atoms with E-state index in [1.807, 2.05) is 54.7 Å². The largest absolute Gasteiger partial charge is 0.457 e. The van der Waals surface area contributed by atoms with Crippen LogP contribution < -0.4 is 0 Å². The molecule has 0 radical (unpaired) electrons. The summed E-state index contributed by atoms with van der Waals surface area (Å²) in [5.74, 6) is -0.297. The second kappa shape index (κ2) is 4.98. The van der Waals surface area contributed by atoms with Gasteiger partial charge in [-0.1, -0.05) is 36.4 Å². The van der Waals surface area contributed by atoms with Crippen molar-refractivity contribution in [3.05, 3.63) is 71.9 Å². The van der Waals surface area contributed by atoms with E-state index in [1.54, 1.807) is 6.07 Å². The molecular weight excluding hydrogens is 238 g/mol. The number of aromatic nitrogens is 1. The van der Waals surface area contributed by atoms with Crippen LogP contribution in [0.3, 0.4) is 0 Å². The molecule has 0 aliphatic heterocycles. The first kappa shape index (κ1) is 11.5. The zero-order valence-corrected chi connectivity index (χ0v) is 10.3. The third-order valence-electron chi connectivity index (χ3n) is 3.03. The second-order valence-corrected chi connectivity index (χ2v) is 4.31. The minimum atomic E-state index is -0.297. The molecule has 0 spiro atoms. The van der Waals surface area contributed by atoms with Gasteiger partial charge in [-0.2, -0.15) is 0 Å². The van der Waals surface area contributed by atoms with Crippen molar-refractivity contribution in [2.45, 2.75) is 6.61 Å². The lowest BCUT2D eigenvalue weighted by molar-refractivity contribution is 0.0475. The molecule has 0 atom stereocenters. The third-order valence-corrected chi connectivity index (χ3v) is 3.03. The second-order valence-electron chi connectivity index (χ2n) is 4.31. The maximum atomic E-state index is 12.1. The number of ether oxygens (including phenoxy) is 1. The molecule has 0 saturated heterocycles. The Labute approximate surface area is 110 Å². The van der Waals surface area contributed by atoms with E-state index in [2.05, 4.69) is 4.98 Å². The van der Waals surface area contributed by atoms with Crippen molar-refractivity contribution in [2.24, 2.45) is 0 Å². The van der Waals surface area contributed by atoms with Gasteiger partial charge < -0.3 is 9.72 Å². The Hall–Kier alpha value is -2.55. The Morgan fingerprint density at radius 3 is 2.68 bits per heavy atom. The molecule has 0 fully saturated rings. The van der Waals surface area contributed by atoms with Gasteiger partial charge in [0.15, 0.2) is 0 Å². The average Bonchev–Trinajstić information content (AvgIpc) is 2.94. The van der Waals surface area contributed by atoms with Gasteiger partial charge in [0.2, 0.25) is 0 Å². The van der Waals surface area contributed by atoms with Gasteiger partial charge in [-0.3, -0.25) is 0 Å². The van der Waals surface area contributed by atoms with E-state index in [9.17, 15) is 4.79 Å². The normalized spacial score (nSPS) is 10.5. The van der Waals surface area contributed by atoms with E-state index in [-0.39, 0.29) is 5.97 Å². The van der Waals surface area contributed by atoms with Crippen LogP contribution in [0, 0.1) is 0 Å². The number of fused-ring (bicyclic) bond motifs is 1. The summed E-state index contributed by atoms with van der Waals surface area (Å²) >= 11 is 0. The summed E-state index contributed by atoms with van der Waals surface area (Å²) in [6, 6.07) is 17.1. The van der Waals surface area contributed by atoms with Gasteiger partial charge in [0, 0.05) is 17.1 Å². The summed E-state index contributed by atoms with van der Waals surface area (Å²) in [5.41, 5.74) is 2.51. The Balaban J connectivity index is 1.79. The van der Waals surface area contributed by atoms with Crippen LogP contribution in [0.15, 0.2) is 60.8 Å². The minimum absolute atomic E-state index is 0.292. The molecule has 19 heavy (non-hydrogen) atoms. The number of nitrogens with one attached hydrogen (secondary N) is 1. The predicted molar refractivity (Wildman–Crippen MR) is 73.9 cm³/mol. The first-order valence-electron chi connectivity index (χ1n) is 6.12. The molecule has 1 heterocycles. The molecule has 1 aromatic heterocycles. The number of H-pyrrole nitrogens is 1. The highest BCUT2D eigenvalue weighted by Gasteiger charge is 2.11. The van der Waals surface area contributed by atoms with Crippen molar-refractivity contribution >= 4 is 16.9 Å². The van der Waals surface area contributed by atoms with Crippen molar-refractivity contribution in [3.8, 4) is 0 Å². The SMILES string of the molecule is O=C(OCc1ccccc1)c1cccc2[nH]ccc12. The van der Waals surface area contributed by atoms with Crippen LogP contribution in [0.25, 0.3) is 10.9 Å². The number of carbonyl (C=O) groups excluding carboxylic acids is 1. The van der Waals surface area contributed by atoms with Crippen LogP contribution in [0.1, 0.15) is 15.9 Å². The molecular formula is C16H13NO2. The molecule has 0 aliphatic rings. The van der Waals surface area contributed by atoms with Crippen LogP contribution >= 0.6 is 0 Å². The molecule has 1 N–H and O–H groups in total. The Morgan fingerprint density at radius 1 is 1.00 bits per heavy atom. The smallest absolute Gasteiger partial charge is 0.339 e. The van der Waals surface area contributed by atoms with Gasteiger partial charge in [-0.15, -0.1) is 0 Å². The molecule has 2 aromatic carbocycles. The quantitative estimate of drug-likeness (QED) is 0.723. The summed E-state index contributed by atoms with van der Waals surface area (Å²) in [4.78, 5) is 15.2. The zero-order chi connectivity index (χ0) is 13.1. The fraction of sp³-hybridized carbons (Fsp3) is 0.0625. The number of hydrogen-bond donors (Lipinski definition) is 1. The fourth-order valence-corrected chi connectivity index (χ4v) is 2.06. The molecule has 0 amide bonds. The van der Waals surface area contributed by atoms with E-state index in [4.69, 9.17) is 4.74 Å². The minimum Gasteiger partial charge on any atom is -0.457 e. The Kier molecular flexibility index (Phi) is 3.02. The lowest BCUT2D eigenvalue weighted by atomic mass is 10.1. The molecule has 3 aromatic rings. The lowest BCUT2D eigenvalue weighted by Crippen LogP contribution is -2.05. The summed E-state index contributed by atoms with van der Waals surface area (Å²) in [7, 11) is 0. The van der Waals surface area contributed by atoms with Crippen LogP contribution in [0.4, 0.5) is 0 Å². The highest BCUT2D eigenvalue weighted by atomic mass is 16.5. The maximum absolute atomic E-state index is 12.1. The first-order chi connectivity index (χ1) is 9.34. The van der Waals surface area contributed by atoms with Gasteiger partial charge >= 0.3 is 5.97 Å². The molecule has 94 valence electrons. The van der Waals surface area contributed by atoms with Gasteiger partial charge in [0.25, 0.3) is 0 Å². The molecule has 3 rings (SSSR count). The van der Waals surface area contributed by atoms with Crippen LogP contribution in [-0.4, -0.2) is 11.0 Å². The highest BCUT2D eigenvalue weighted by Crippen LogP contribution is 2.18. The highest BCUT2D eigenvalue weighted by molar-refractivity contribution is 6.03. The molecule has 3 nitrogen and oxygen atoms in total. The van der Waals surface area contributed by atoms with Gasteiger partial charge in [0.1, 0.15) is 6.61 Å². The van der Waals surface area contributed by atoms with E-state index in [1.165, 1.54) is 0 Å². The topological polar surface area (TPSA) is 42.1 Å². The zero-order valence-electron chi connectivity index (χ0n) is 10.3. The van der Waals surface area contributed by atoms with E-state index in [0.29, 0.717) is 12.2 Å². The number of carbonyl (C=O) groups is 1. The van der Waals surface area contributed by atoms with Crippen LogP contribution in [0.5, 0.6) is 0 Å². The number of rotatable bonds is 3. The third kappa shape index (κ3) is 2.36. The van der Waals surface area contributed by atoms with Gasteiger partial charge in [0.05, 0.1) is 5.56 Å². The standard InChI is InChI=1S/C16H13NO2/c18-16(19-11-12-5-2-1-3-6-12)14-7-4-8-15-13(14)9-10-17-15/h1-10,17H,11H2. The first-order valence-corrected chi connectivity index (χ1v) is 6.12. The molecule has 0 aliphatic carbocycles. The van der Waals surface area contributed by atoms with Gasteiger partial charge in [-0.25, -0.2) is 4.79 Å². The molecule has 3 heteroatoms. The number of benzene rings is 2. The van der Waals surface area contributed by atoms with Crippen molar-refractivity contribution in [1.29, 1.82) is 0 Å². The van der Waals surface area contributed by atoms with Crippen molar-refractivity contribution in [2.75, 3.05) is 0 Å². The van der Waals surface area contributed by atoms with Crippen LogP contribution in [-0.2, 0) is 11.3 Å². The van der Waals surface area contributed by atoms with Crippen molar-refractivity contribution in [3.63, 3.8) is 0 Å². The Morgan fingerprint density at radius 2 is 1.84 bits per heavy atom. The fourth-order valence-electron chi connectivity index (χ4n) is 2.06. The lowest BCUT2D eigenvalue weighted by Gasteiger charge is -2.05. The summed E-state index contributed by atoms with van der Waals surface area (Å²) < 4.78 is 5.34. The number of aromatic amines is 1. The van der Waals surface area contributed by atoms with Gasteiger partial charge in [-0.05, 0) is 23.8 Å². The Bertz CT molecular complexity index is 701. The molecule has 0 saturated carbocycles. The monoisotopic (exact) mass is 251 g/mol. The van der Waals surface area contributed by atoms with E-state index >= 15 is 0 Å². The summed E-state index contributed by atoms with van der Waals surface area (Å²) in [5, 5.41) is 0.889. The van der Waals surface area contributed by atoms with E-state index < -0.39 is 0 Å². The average molecular weight is 251 g/mol.